The number of rotatable bonds is 4. The van der Waals surface area contributed by atoms with Crippen molar-refractivity contribution >= 4 is 27.1 Å². The van der Waals surface area contributed by atoms with Crippen molar-refractivity contribution in [1.29, 1.82) is 0 Å². The van der Waals surface area contributed by atoms with Crippen LogP contribution in [-0.2, 0) is 10.0 Å². The number of quaternary nitrogens is 1. The van der Waals surface area contributed by atoms with E-state index in [-0.39, 0.29) is 29.6 Å². The fourth-order valence-electron chi connectivity index (χ4n) is 4.46. The van der Waals surface area contributed by atoms with Gasteiger partial charge in [-0.1, -0.05) is 10.3 Å². The van der Waals surface area contributed by atoms with Crippen LogP contribution in [0.25, 0.3) is 5.52 Å². The highest BCUT2D eigenvalue weighted by Crippen LogP contribution is 2.39. The molecule has 3 heterocycles. The number of carbonyl (C=O) groups is 1. The number of alkyl halides is 1. The SMILES string of the molecule is C#C[N+](C)(C(=O)c1cnn2ccc(N3C[C@H](F)C[C@@H]3c3cc(F)ccc3F)cc12)S(=O)(=O)C(C)(C)C. The summed E-state index contributed by atoms with van der Waals surface area (Å²) in [6.07, 6.45) is 6.97. The standard InChI is InChI=1S/C25H26F3N4O3S/c1-6-32(5,36(34,35)25(2,3)4)24(33)20-14-29-31-10-9-18(13-23(20)31)30-15-17(27)12-22(30)19-11-16(26)7-8-21(19)28/h1,7-11,13-14,17,22H,12,15H2,2-5H3/q+1/t17-,22-,32?/m1/s1. The number of carbonyl (C=O) groups excluding carboxylic acids is 1. The average molecular weight is 520 g/mol. The predicted molar refractivity (Wildman–Crippen MR) is 129 cm³/mol. The Hall–Kier alpha value is -3.36. The minimum atomic E-state index is -4.19. The topological polar surface area (TPSA) is 71.8 Å². The summed E-state index contributed by atoms with van der Waals surface area (Å²) in [5.41, 5.74) is 0.642. The molecule has 0 aliphatic carbocycles. The van der Waals surface area contributed by atoms with Crippen molar-refractivity contribution in [3.05, 3.63) is 65.5 Å². The molecule has 0 bridgehead atoms. The van der Waals surface area contributed by atoms with Gasteiger partial charge in [-0.05, 0) is 51.1 Å². The lowest BCUT2D eigenvalue weighted by Crippen LogP contribution is -2.56. The molecule has 0 saturated carbocycles. The van der Waals surface area contributed by atoms with Crippen LogP contribution in [0.3, 0.4) is 0 Å². The van der Waals surface area contributed by atoms with Crippen LogP contribution >= 0.6 is 0 Å². The fourth-order valence-corrected chi connectivity index (χ4v) is 6.01. The third kappa shape index (κ3) is 3.94. The average Bonchev–Trinajstić information content (AvgIpc) is 3.41. The zero-order valence-corrected chi connectivity index (χ0v) is 21.1. The van der Waals surface area contributed by atoms with Crippen LogP contribution in [0.2, 0.25) is 0 Å². The summed E-state index contributed by atoms with van der Waals surface area (Å²) in [4.78, 5) is 15.1. The first-order valence-electron chi connectivity index (χ1n) is 11.2. The third-order valence-electron chi connectivity index (χ3n) is 6.52. The van der Waals surface area contributed by atoms with E-state index in [4.69, 9.17) is 6.42 Å². The van der Waals surface area contributed by atoms with E-state index in [1.165, 1.54) is 43.7 Å². The summed E-state index contributed by atoms with van der Waals surface area (Å²) in [6, 6.07) is 7.52. The van der Waals surface area contributed by atoms with E-state index in [0.29, 0.717) is 5.69 Å². The molecular weight excluding hydrogens is 493 g/mol. The van der Waals surface area contributed by atoms with Crippen molar-refractivity contribution in [3.63, 3.8) is 0 Å². The van der Waals surface area contributed by atoms with Crippen LogP contribution in [0.1, 0.15) is 49.2 Å². The summed E-state index contributed by atoms with van der Waals surface area (Å²) >= 11 is 0. The molecule has 1 amide bonds. The summed E-state index contributed by atoms with van der Waals surface area (Å²) in [7, 11) is -3.06. The van der Waals surface area contributed by atoms with Gasteiger partial charge in [-0.15, -0.1) is 0 Å². The number of terminal acetylenes is 1. The second-order valence-electron chi connectivity index (χ2n) is 9.89. The highest BCUT2D eigenvalue weighted by atomic mass is 32.2. The van der Waals surface area contributed by atoms with Crippen molar-refractivity contribution in [2.45, 2.75) is 44.2 Å². The smallest absolute Gasteiger partial charge is 0.361 e. The molecule has 1 aromatic carbocycles. The number of pyridine rings is 1. The van der Waals surface area contributed by atoms with Gasteiger partial charge in [-0.25, -0.2) is 22.5 Å². The minimum Gasteiger partial charge on any atom is -0.361 e. The number of benzene rings is 1. The highest BCUT2D eigenvalue weighted by Gasteiger charge is 2.53. The molecule has 190 valence electrons. The maximum absolute atomic E-state index is 14.5. The number of aromatic nitrogens is 2. The zero-order chi connectivity index (χ0) is 26.6. The number of sulfonamides is 1. The first kappa shape index (κ1) is 25.7. The monoisotopic (exact) mass is 519 g/mol. The summed E-state index contributed by atoms with van der Waals surface area (Å²) in [5, 5.41) is 4.14. The molecule has 3 atom stereocenters. The number of hydrogen-bond donors (Lipinski definition) is 0. The second-order valence-corrected chi connectivity index (χ2v) is 12.8. The fraction of sp³-hybridized carbons (Fsp3) is 0.360. The van der Waals surface area contributed by atoms with Gasteiger partial charge in [0, 0.05) is 30.4 Å². The summed E-state index contributed by atoms with van der Waals surface area (Å²) < 4.78 is 68.1. The Balaban J connectivity index is 1.81. The summed E-state index contributed by atoms with van der Waals surface area (Å²) in [6.45, 7) is 4.27. The summed E-state index contributed by atoms with van der Waals surface area (Å²) in [5.74, 6) is -2.17. The number of halogens is 3. The Morgan fingerprint density at radius 1 is 1.22 bits per heavy atom. The maximum atomic E-state index is 14.5. The second kappa shape index (κ2) is 8.64. The molecule has 1 unspecified atom stereocenters. The number of fused-ring (bicyclic) bond motifs is 1. The van der Waals surface area contributed by atoms with Crippen LogP contribution in [0.15, 0.2) is 42.7 Å². The molecule has 3 aromatic rings. The van der Waals surface area contributed by atoms with Gasteiger partial charge in [0.1, 0.15) is 35.2 Å². The largest absolute Gasteiger partial charge is 0.377 e. The third-order valence-corrected chi connectivity index (χ3v) is 9.30. The van der Waals surface area contributed by atoms with Crippen LogP contribution in [0.5, 0.6) is 0 Å². The van der Waals surface area contributed by atoms with Gasteiger partial charge < -0.3 is 4.90 Å². The number of nitrogens with zero attached hydrogens (tertiary/aromatic N) is 4. The first-order chi connectivity index (χ1) is 16.7. The Labute approximate surface area is 207 Å². The molecule has 0 radical (unpaired) electrons. The van der Waals surface area contributed by atoms with Crippen molar-refractivity contribution in [3.8, 4) is 12.5 Å². The zero-order valence-electron chi connectivity index (χ0n) is 20.2. The van der Waals surface area contributed by atoms with E-state index in [1.54, 1.807) is 11.0 Å². The number of amides is 1. The van der Waals surface area contributed by atoms with Crippen molar-refractivity contribution in [2.75, 3.05) is 18.5 Å². The van der Waals surface area contributed by atoms with Crippen molar-refractivity contribution in [2.24, 2.45) is 0 Å². The van der Waals surface area contributed by atoms with Gasteiger partial charge in [-0.3, -0.25) is 0 Å². The molecule has 1 aliphatic heterocycles. The minimum absolute atomic E-state index is 0.0210. The van der Waals surface area contributed by atoms with Crippen LogP contribution in [0.4, 0.5) is 18.9 Å². The Morgan fingerprint density at radius 2 is 1.92 bits per heavy atom. The van der Waals surface area contributed by atoms with Gasteiger partial charge in [0.2, 0.25) is 0 Å². The Kier molecular flexibility index (Phi) is 6.17. The molecule has 36 heavy (non-hydrogen) atoms. The van der Waals surface area contributed by atoms with Crippen molar-refractivity contribution < 1.29 is 30.3 Å². The molecule has 2 aromatic heterocycles. The normalized spacial score (nSPS) is 20.3. The van der Waals surface area contributed by atoms with E-state index in [9.17, 15) is 26.4 Å². The Bertz CT molecular complexity index is 1510. The van der Waals surface area contributed by atoms with Gasteiger partial charge in [0.25, 0.3) is 0 Å². The van der Waals surface area contributed by atoms with Gasteiger partial charge in [0.05, 0.1) is 17.8 Å². The molecule has 1 saturated heterocycles. The Morgan fingerprint density at radius 3 is 2.56 bits per heavy atom. The molecule has 7 nitrogen and oxygen atoms in total. The lowest BCUT2D eigenvalue weighted by molar-refractivity contribution is -0.617. The predicted octanol–water partition coefficient (Wildman–Crippen LogP) is 4.21. The van der Waals surface area contributed by atoms with Crippen LogP contribution in [-0.4, -0.2) is 52.3 Å². The lowest BCUT2D eigenvalue weighted by atomic mass is 10.0. The van der Waals surface area contributed by atoms with E-state index < -0.39 is 48.4 Å². The van der Waals surface area contributed by atoms with Crippen LogP contribution < -0.4 is 4.90 Å². The lowest BCUT2D eigenvalue weighted by Gasteiger charge is -2.30. The molecule has 1 aliphatic rings. The quantitative estimate of drug-likeness (QED) is 0.382. The number of hydrogen-bond acceptors (Lipinski definition) is 5. The van der Waals surface area contributed by atoms with Crippen LogP contribution in [0, 0.1) is 24.1 Å². The van der Waals surface area contributed by atoms with E-state index in [0.717, 1.165) is 25.2 Å². The van der Waals surface area contributed by atoms with Gasteiger partial charge in [0.15, 0.2) is 6.04 Å². The van der Waals surface area contributed by atoms with E-state index >= 15 is 0 Å². The first-order valence-corrected chi connectivity index (χ1v) is 12.6. The number of anilines is 1. The molecule has 0 N–H and O–H groups in total. The molecular formula is C25H26F3N4O3S+. The van der Waals surface area contributed by atoms with Gasteiger partial charge >= 0.3 is 15.9 Å². The molecule has 1 fully saturated rings. The van der Waals surface area contributed by atoms with Crippen molar-refractivity contribution in [1.82, 2.24) is 9.61 Å². The molecule has 0 spiro atoms. The maximum Gasteiger partial charge on any atom is 0.377 e. The molecule has 11 heteroatoms. The molecule has 4 rings (SSSR count). The highest BCUT2D eigenvalue weighted by molar-refractivity contribution is 7.87. The van der Waals surface area contributed by atoms with E-state index in [1.807, 2.05) is 0 Å². The van der Waals surface area contributed by atoms with E-state index in [2.05, 4.69) is 11.1 Å². The van der Waals surface area contributed by atoms with Gasteiger partial charge in [-0.2, -0.15) is 13.5 Å².